The van der Waals surface area contributed by atoms with Gasteiger partial charge in [0.2, 0.25) is 0 Å². The van der Waals surface area contributed by atoms with Crippen LogP contribution in [0.2, 0.25) is 0 Å². The quantitative estimate of drug-likeness (QED) is 0.572. The Morgan fingerprint density at radius 3 is 2.77 bits per heavy atom. The monoisotopic (exact) mass is 195 g/mol. The van der Waals surface area contributed by atoms with Crippen LogP contribution >= 0.6 is 11.8 Å². The second-order valence-corrected chi connectivity index (χ2v) is 4.21. The summed E-state index contributed by atoms with van der Waals surface area (Å²) in [6, 6.07) is 8.56. The van der Waals surface area contributed by atoms with Crippen LogP contribution in [0.15, 0.2) is 29.2 Å². The van der Waals surface area contributed by atoms with Gasteiger partial charge in [-0.15, -0.1) is 11.8 Å². The third-order valence-electron chi connectivity index (χ3n) is 1.92. The van der Waals surface area contributed by atoms with Crippen LogP contribution in [0.25, 0.3) is 0 Å². The Balaban J connectivity index is 2.32. The number of rotatable bonds is 5. The van der Waals surface area contributed by atoms with Gasteiger partial charge in [0.15, 0.2) is 0 Å². The molecule has 0 fully saturated rings. The molecule has 72 valence electrons. The van der Waals surface area contributed by atoms with Gasteiger partial charge < -0.3 is 5.32 Å². The first-order valence-corrected chi connectivity index (χ1v) is 5.66. The molecular weight excluding hydrogens is 178 g/mol. The lowest BCUT2D eigenvalue weighted by Gasteiger charge is -2.04. The van der Waals surface area contributed by atoms with E-state index in [0.717, 1.165) is 6.54 Å². The van der Waals surface area contributed by atoms with Gasteiger partial charge in [0.05, 0.1) is 0 Å². The normalized spacial score (nSPS) is 10.3. The molecule has 0 unspecified atom stereocenters. The van der Waals surface area contributed by atoms with E-state index in [1.54, 1.807) is 0 Å². The van der Waals surface area contributed by atoms with Crippen molar-refractivity contribution in [1.82, 2.24) is 5.32 Å². The number of benzene rings is 1. The van der Waals surface area contributed by atoms with E-state index >= 15 is 0 Å². The summed E-state index contributed by atoms with van der Waals surface area (Å²) in [6.45, 7) is 3.28. The van der Waals surface area contributed by atoms with Crippen molar-refractivity contribution in [2.75, 3.05) is 19.3 Å². The van der Waals surface area contributed by atoms with E-state index in [-0.39, 0.29) is 0 Å². The second kappa shape index (κ2) is 6.06. The van der Waals surface area contributed by atoms with E-state index in [2.05, 4.69) is 36.5 Å². The first kappa shape index (κ1) is 10.6. The molecule has 0 aliphatic carbocycles. The topological polar surface area (TPSA) is 12.0 Å². The molecule has 0 bridgehead atoms. The highest BCUT2D eigenvalue weighted by Gasteiger charge is 1.96. The summed E-state index contributed by atoms with van der Waals surface area (Å²) in [6.07, 6.45) is 1.23. The molecule has 0 spiro atoms. The molecule has 0 saturated heterocycles. The van der Waals surface area contributed by atoms with Crippen molar-refractivity contribution in [1.29, 1.82) is 0 Å². The molecule has 2 heteroatoms. The van der Waals surface area contributed by atoms with Crippen LogP contribution in [-0.2, 0) is 0 Å². The van der Waals surface area contributed by atoms with E-state index < -0.39 is 0 Å². The highest BCUT2D eigenvalue weighted by atomic mass is 32.2. The summed E-state index contributed by atoms with van der Waals surface area (Å²) in [5.41, 5.74) is 1.39. The molecule has 1 rings (SSSR count). The predicted octanol–water partition coefficient (Wildman–Crippen LogP) is 2.70. The summed E-state index contributed by atoms with van der Waals surface area (Å²) in [5.74, 6) is 1.20. The van der Waals surface area contributed by atoms with Crippen molar-refractivity contribution in [3.63, 3.8) is 0 Å². The van der Waals surface area contributed by atoms with Crippen molar-refractivity contribution >= 4 is 11.8 Å². The summed E-state index contributed by atoms with van der Waals surface area (Å²) in [7, 11) is 2.00. The lowest BCUT2D eigenvalue weighted by Crippen LogP contribution is -2.07. The molecule has 1 nitrogen and oxygen atoms in total. The predicted molar refractivity (Wildman–Crippen MR) is 60.4 cm³/mol. The summed E-state index contributed by atoms with van der Waals surface area (Å²) >= 11 is 1.95. The Kier molecular flexibility index (Phi) is 4.94. The van der Waals surface area contributed by atoms with Gasteiger partial charge in [-0.05, 0) is 44.3 Å². The van der Waals surface area contributed by atoms with Gasteiger partial charge in [-0.2, -0.15) is 0 Å². The van der Waals surface area contributed by atoms with Crippen LogP contribution < -0.4 is 5.32 Å². The van der Waals surface area contributed by atoms with Crippen molar-refractivity contribution in [2.24, 2.45) is 0 Å². The van der Waals surface area contributed by atoms with E-state index in [4.69, 9.17) is 0 Å². The maximum atomic E-state index is 3.16. The van der Waals surface area contributed by atoms with Crippen molar-refractivity contribution in [2.45, 2.75) is 18.2 Å². The summed E-state index contributed by atoms with van der Waals surface area (Å²) < 4.78 is 0. The molecule has 0 aliphatic rings. The zero-order chi connectivity index (χ0) is 9.52. The fraction of sp³-hybridized carbons (Fsp3) is 0.455. The minimum absolute atomic E-state index is 1.11. The van der Waals surface area contributed by atoms with Crippen molar-refractivity contribution in [3.8, 4) is 0 Å². The highest BCUT2D eigenvalue weighted by Crippen LogP contribution is 2.21. The Bertz CT molecular complexity index is 248. The van der Waals surface area contributed by atoms with Crippen molar-refractivity contribution in [3.05, 3.63) is 29.8 Å². The Morgan fingerprint density at radius 2 is 2.08 bits per heavy atom. The fourth-order valence-corrected chi connectivity index (χ4v) is 2.13. The molecule has 0 heterocycles. The molecule has 0 saturated carbocycles. The fourth-order valence-electron chi connectivity index (χ4n) is 1.15. The SMILES string of the molecule is CNCCCSc1ccccc1C. The highest BCUT2D eigenvalue weighted by molar-refractivity contribution is 7.99. The number of hydrogen-bond donors (Lipinski definition) is 1. The molecule has 13 heavy (non-hydrogen) atoms. The third kappa shape index (κ3) is 3.83. The van der Waals surface area contributed by atoms with Crippen LogP contribution in [0.5, 0.6) is 0 Å². The van der Waals surface area contributed by atoms with E-state index in [9.17, 15) is 0 Å². The minimum Gasteiger partial charge on any atom is -0.320 e. The van der Waals surface area contributed by atoms with Gasteiger partial charge in [-0.1, -0.05) is 18.2 Å². The average Bonchev–Trinajstić information content (AvgIpc) is 2.15. The van der Waals surface area contributed by atoms with Crippen LogP contribution in [0.4, 0.5) is 0 Å². The van der Waals surface area contributed by atoms with Gasteiger partial charge in [-0.25, -0.2) is 0 Å². The molecule has 1 aromatic carbocycles. The van der Waals surface area contributed by atoms with Gasteiger partial charge in [-0.3, -0.25) is 0 Å². The van der Waals surface area contributed by atoms with Crippen LogP contribution in [-0.4, -0.2) is 19.3 Å². The number of thioether (sulfide) groups is 1. The summed E-state index contributed by atoms with van der Waals surface area (Å²) in [4.78, 5) is 1.42. The molecule has 0 aromatic heterocycles. The van der Waals surface area contributed by atoms with Gasteiger partial charge in [0, 0.05) is 4.90 Å². The zero-order valence-corrected chi connectivity index (χ0v) is 9.16. The minimum atomic E-state index is 1.11. The van der Waals surface area contributed by atoms with E-state index in [0.29, 0.717) is 0 Å². The standard InChI is InChI=1S/C11H17NS/c1-10-6-3-4-7-11(10)13-9-5-8-12-2/h3-4,6-7,12H,5,8-9H2,1-2H3. The molecular formula is C11H17NS. The maximum absolute atomic E-state index is 3.16. The number of aryl methyl sites for hydroxylation is 1. The van der Waals surface area contributed by atoms with E-state index in [1.807, 2.05) is 18.8 Å². The molecule has 0 atom stereocenters. The number of hydrogen-bond acceptors (Lipinski definition) is 2. The van der Waals surface area contributed by atoms with Gasteiger partial charge in [0.25, 0.3) is 0 Å². The zero-order valence-electron chi connectivity index (χ0n) is 8.34. The first-order chi connectivity index (χ1) is 6.34. The number of nitrogens with one attached hydrogen (secondary N) is 1. The largest absolute Gasteiger partial charge is 0.320 e. The van der Waals surface area contributed by atoms with Crippen LogP contribution in [0.1, 0.15) is 12.0 Å². The lowest BCUT2D eigenvalue weighted by molar-refractivity contribution is 0.778. The first-order valence-electron chi connectivity index (χ1n) is 4.67. The van der Waals surface area contributed by atoms with Gasteiger partial charge >= 0.3 is 0 Å². The van der Waals surface area contributed by atoms with Crippen LogP contribution in [0, 0.1) is 6.92 Å². The molecule has 0 radical (unpaired) electrons. The Labute approximate surface area is 84.9 Å². The smallest absolute Gasteiger partial charge is 0.0101 e. The summed E-state index contributed by atoms with van der Waals surface area (Å²) in [5, 5.41) is 3.16. The average molecular weight is 195 g/mol. The van der Waals surface area contributed by atoms with E-state index in [1.165, 1.54) is 22.6 Å². The molecule has 1 N–H and O–H groups in total. The molecule has 1 aromatic rings. The molecule has 0 aliphatic heterocycles. The third-order valence-corrected chi connectivity index (χ3v) is 3.18. The van der Waals surface area contributed by atoms with Gasteiger partial charge in [0.1, 0.15) is 0 Å². The molecule has 0 amide bonds. The maximum Gasteiger partial charge on any atom is 0.0101 e. The van der Waals surface area contributed by atoms with Crippen LogP contribution in [0.3, 0.4) is 0 Å². The second-order valence-electron chi connectivity index (χ2n) is 3.07. The van der Waals surface area contributed by atoms with Crippen molar-refractivity contribution < 1.29 is 0 Å². The Hall–Kier alpha value is -0.470. The lowest BCUT2D eigenvalue weighted by atomic mass is 10.2. The Morgan fingerprint density at radius 1 is 1.31 bits per heavy atom.